The Morgan fingerprint density at radius 3 is 2.09 bits per heavy atom. The average Bonchev–Trinajstić information content (AvgIpc) is 2.83. The van der Waals surface area contributed by atoms with Crippen LogP contribution in [0, 0.1) is 0 Å². The van der Waals surface area contributed by atoms with E-state index in [1.807, 2.05) is 12.1 Å². The van der Waals surface area contributed by atoms with Gasteiger partial charge in [-0.25, -0.2) is 4.79 Å². The van der Waals surface area contributed by atoms with Crippen molar-refractivity contribution < 1.29 is 28.7 Å². The van der Waals surface area contributed by atoms with E-state index in [-0.39, 0.29) is 31.4 Å². The monoisotopic (exact) mass is 431 g/mol. The van der Waals surface area contributed by atoms with Crippen LogP contribution in [0.15, 0.2) is 60.7 Å². The summed E-state index contributed by atoms with van der Waals surface area (Å²) in [5.41, 5.74) is 2.14. The summed E-state index contributed by atoms with van der Waals surface area (Å²) < 4.78 is 9.90. The Balaban J connectivity index is 1.32. The van der Waals surface area contributed by atoms with Gasteiger partial charge < -0.3 is 9.47 Å². The number of nitrogens with zero attached hydrogens (tertiary/aromatic N) is 1. The Bertz CT molecular complexity index is 1160. The fourth-order valence-corrected chi connectivity index (χ4v) is 3.76. The van der Waals surface area contributed by atoms with E-state index in [2.05, 4.69) is 4.74 Å². The predicted molar refractivity (Wildman–Crippen MR) is 116 cm³/mol. The van der Waals surface area contributed by atoms with Crippen molar-refractivity contribution in [2.75, 3.05) is 13.7 Å². The van der Waals surface area contributed by atoms with Crippen molar-refractivity contribution in [1.82, 2.24) is 4.90 Å². The van der Waals surface area contributed by atoms with E-state index in [1.165, 1.54) is 12.0 Å². The van der Waals surface area contributed by atoms with Gasteiger partial charge in [-0.3, -0.25) is 19.3 Å². The summed E-state index contributed by atoms with van der Waals surface area (Å²) in [6.07, 6.45) is 0.374. The van der Waals surface area contributed by atoms with Gasteiger partial charge in [-0.2, -0.15) is 0 Å². The van der Waals surface area contributed by atoms with Crippen LogP contribution in [-0.4, -0.2) is 42.3 Å². The van der Waals surface area contributed by atoms with Crippen molar-refractivity contribution in [3.05, 3.63) is 82.9 Å². The Morgan fingerprint density at radius 1 is 0.875 bits per heavy atom. The zero-order valence-corrected chi connectivity index (χ0v) is 17.5. The average molecular weight is 431 g/mol. The lowest BCUT2D eigenvalue weighted by atomic mass is 9.94. The minimum Gasteiger partial charge on any atom is -0.465 e. The molecule has 0 N–H and O–H groups in total. The predicted octanol–water partition coefficient (Wildman–Crippen LogP) is 3.75. The van der Waals surface area contributed by atoms with E-state index in [0.29, 0.717) is 28.5 Å². The number of carbonyl (C=O) groups excluding carboxylic acids is 4. The third-order valence-corrected chi connectivity index (χ3v) is 5.39. The lowest BCUT2D eigenvalue weighted by Crippen LogP contribution is -2.41. The first-order valence-corrected chi connectivity index (χ1v) is 10.2. The maximum absolute atomic E-state index is 12.9. The molecule has 0 unspecified atom stereocenters. The number of hydrogen-bond donors (Lipinski definition) is 0. The zero-order chi connectivity index (χ0) is 22.7. The molecular weight excluding hydrogens is 410 g/mol. The van der Waals surface area contributed by atoms with Crippen LogP contribution in [0.2, 0.25) is 0 Å². The number of methoxy groups -OCH3 is 1. The van der Waals surface area contributed by atoms with E-state index < -0.39 is 11.9 Å². The van der Waals surface area contributed by atoms with Gasteiger partial charge in [0.2, 0.25) is 0 Å². The van der Waals surface area contributed by atoms with E-state index in [0.717, 1.165) is 10.9 Å². The first-order chi connectivity index (χ1) is 15.5. The zero-order valence-electron chi connectivity index (χ0n) is 17.5. The van der Waals surface area contributed by atoms with Gasteiger partial charge in [0, 0.05) is 29.5 Å². The SMILES string of the molecule is COC(=O)c1ccc(COC(=O)CCCN2C(=O)c3cccc4cccc(c34)C2=O)cc1. The van der Waals surface area contributed by atoms with Crippen molar-refractivity contribution in [3.63, 3.8) is 0 Å². The molecule has 0 saturated carbocycles. The van der Waals surface area contributed by atoms with E-state index in [4.69, 9.17) is 4.74 Å². The van der Waals surface area contributed by atoms with Gasteiger partial charge in [0.1, 0.15) is 6.61 Å². The molecule has 0 saturated heterocycles. The standard InChI is InChI=1S/C25H21NO6/c1-31-25(30)18-12-10-16(11-13-18)15-32-21(27)9-4-14-26-23(28)19-7-2-5-17-6-3-8-20(22(17)19)24(26)29/h2-3,5-8,10-13H,4,9,14-15H2,1H3. The second-order valence-corrected chi connectivity index (χ2v) is 7.42. The molecule has 7 heteroatoms. The third-order valence-electron chi connectivity index (χ3n) is 5.39. The Morgan fingerprint density at radius 2 is 1.50 bits per heavy atom. The van der Waals surface area contributed by atoms with Crippen molar-refractivity contribution >= 4 is 34.5 Å². The molecule has 0 fully saturated rings. The number of hydrogen-bond acceptors (Lipinski definition) is 6. The maximum Gasteiger partial charge on any atom is 0.337 e. The molecule has 1 aliphatic heterocycles. The number of benzene rings is 3. The van der Waals surface area contributed by atoms with Crippen molar-refractivity contribution in [2.24, 2.45) is 0 Å². The van der Waals surface area contributed by atoms with Crippen LogP contribution < -0.4 is 0 Å². The normalized spacial score (nSPS) is 12.7. The summed E-state index contributed by atoms with van der Waals surface area (Å²) >= 11 is 0. The van der Waals surface area contributed by atoms with Crippen LogP contribution in [0.25, 0.3) is 10.8 Å². The highest BCUT2D eigenvalue weighted by molar-refractivity contribution is 6.25. The minimum absolute atomic E-state index is 0.0667. The second-order valence-electron chi connectivity index (χ2n) is 7.42. The molecular formula is C25H21NO6. The van der Waals surface area contributed by atoms with Gasteiger partial charge in [0.25, 0.3) is 11.8 Å². The Hall–Kier alpha value is -4.00. The molecule has 162 valence electrons. The Kier molecular flexibility index (Phi) is 5.98. The Labute approximate surface area is 184 Å². The highest BCUT2D eigenvalue weighted by Gasteiger charge is 2.32. The number of rotatable bonds is 7. The minimum atomic E-state index is -0.436. The van der Waals surface area contributed by atoms with Gasteiger partial charge in [-0.15, -0.1) is 0 Å². The van der Waals surface area contributed by atoms with Crippen LogP contribution in [0.4, 0.5) is 0 Å². The van der Waals surface area contributed by atoms with Crippen LogP contribution in [0.5, 0.6) is 0 Å². The quantitative estimate of drug-likeness (QED) is 0.418. The summed E-state index contributed by atoms with van der Waals surface area (Å²) in [6, 6.07) is 17.3. The lowest BCUT2D eigenvalue weighted by molar-refractivity contribution is -0.145. The summed E-state index contributed by atoms with van der Waals surface area (Å²) in [5.74, 6) is -1.56. The molecule has 1 aliphatic rings. The molecule has 0 aromatic heterocycles. The molecule has 0 bridgehead atoms. The molecule has 4 rings (SSSR count). The van der Waals surface area contributed by atoms with E-state index in [1.54, 1.807) is 48.5 Å². The fourth-order valence-electron chi connectivity index (χ4n) is 3.76. The number of amides is 2. The number of imide groups is 1. The van der Waals surface area contributed by atoms with Crippen LogP contribution in [0.3, 0.4) is 0 Å². The molecule has 0 radical (unpaired) electrons. The van der Waals surface area contributed by atoms with Gasteiger partial charge in [0.15, 0.2) is 0 Å². The van der Waals surface area contributed by atoms with Crippen LogP contribution >= 0.6 is 0 Å². The summed E-state index contributed by atoms with van der Waals surface area (Å²) in [7, 11) is 1.31. The molecule has 32 heavy (non-hydrogen) atoms. The number of esters is 2. The van der Waals surface area contributed by atoms with Gasteiger partial charge in [-0.05, 0) is 41.6 Å². The molecule has 3 aromatic rings. The van der Waals surface area contributed by atoms with Gasteiger partial charge >= 0.3 is 11.9 Å². The molecule has 0 spiro atoms. The summed E-state index contributed by atoms with van der Waals surface area (Å²) in [5, 5.41) is 1.53. The highest BCUT2D eigenvalue weighted by atomic mass is 16.5. The first-order valence-electron chi connectivity index (χ1n) is 10.2. The van der Waals surface area contributed by atoms with Crippen molar-refractivity contribution in [2.45, 2.75) is 19.4 Å². The highest BCUT2D eigenvalue weighted by Crippen LogP contribution is 2.30. The van der Waals surface area contributed by atoms with Crippen LogP contribution in [0.1, 0.15) is 49.5 Å². The number of ether oxygens (including phenoxy) is 2. The number of carbonyl (C=O) groups is 4. The van der Waals surface area contributed by atoms with Crippen LogP contribution in [-0.2, 0) is 20.9 Å². The summed E-state index contributed by atoms with van der Waals surface area (Å²) in [6.45, 7) is 0.197. The second kappa shape index (κ2) is 9.01. The van der Waals surface area contributed by atoms with Gasteiger partial charge in [0.05, 0.1) is 12.7 Å². The molecule has 0 aliphatic carbocycles. The molecule has 0 atom stereocenters. The molecule has 1 heterocycles. The van der Waals surface area contributed by atoms with E-state index in [9.17, 15) is 19.2 Å². The summed E-state index contributed by atoms with van der Waals surface area (Å²) in [4.78, 5) is 50.5. The molecule has 7 nitrogen and oxygen atoms in total. The van der Waals surface area contributed by atoms with E-state index >= 15 is 0 Å². The topological polar surface area (TPSA) is 90.0 Å². The maximum atomic E-state index is 12.9. The first kappa shape index (κ1) is 21.2. The lowest BCUT2D eigenvalue weighted by Gasteiger charge is -2.27. The smallest absolute Gasteiger partial charge is 0.337 e. The molecule has 2 amide bonds. The van der Waals surface area contributed by atoms with Crippen molar-refractivity contribution in [3.8, 4) is 0 Å². The third kappa shape index (κ3) is 4.09. The largest absolute Gasteiger partial charge is 0.465 e. The fraction of sp³-hybridized carbons (Fsp3) is 0.200. The van der Waals surface area contributed by atoms with Gasteiger partial charge in [-0.1, -0.05) is 36.4 Å². The van der Waals surface area contributed by atoms with Crippen molar-refractivity contribution in [1.29, 1.82) is 0 Å². The molecule has 3 aromatic carbocycles.